The van der Waals surface area contributed by atoms with Crippen LogP contribution in [0.2, 0.25) is 5.02 Å². The summed E-state index contributed by atoms with van der Waals surface area (Å²) in [5, 5.41) is 3.73. The lowest BCUT2D eigenvalue weighted by molar-refractivity contribution is -0.122. The van der Waals surface area contributed by atoms with Crippen LogP contribution in [-0.2, 0) is 9.53 Å². The lowest BCUT2D eigenvalue weighted by atomic mass is 10.0. The van der Waals surface area contributed by atoms with Crippen molar-refractivity contribution in [1.82, 2.24) is 10.3 Å². The number of hydrogen-bond donors (Lipinski definition) is 1. The smallest absolute Gasteiger partial charge is 0.220 e. The standard InChI is InChI=1S/C19H21ClN2O2/c20-15-6-3-5-14(13-15)19(17-8-1-2-11-21-17)22-18(23)10-9-16-7-4-12-24-16/h1-3,5-6,8,11,13,16,19H,4,7,9-10,12H2,(H,22,23)/t16-,19?/m1/s1. The topological polar surface area (TPSA) is 51.2 Å². The average Bonchev–Trinajstić information content (AvgIpc) is 3.12. The number of aromatic nitrogens is 1. The Labute approximate surface area is 147 Å². The van der Waals surface area contributed by atoms with Crippen molar-refractivity contribution in [3.63, 3.8) is 0 Å². The van der Waals surface area contributed by atoms with Crippen LogP contribution in [0.3, 0.4) is 0 Å². The lowest BCUT2D eigenvalue weighted by Crippen LogP contribution is -2.30. The second-order valence-corrected chi connectivity index (χ2v) is 6.42. The highest BCUT2D eigenvalue weighted by Crippen LogP contribution is 2.24. The molecule has 3 rings (SSSR count). The van der Waals surface area contributed by atoms with Crippen LogP contribution in [0.1, 0.15) is 43.0 Å². The fourth-order valence-corrected chi connectivity index (χ4v) is 3.16. The molecule has 1 aliphatic rings. The molecule has 0 radical (unpaired) electrons. The van der Waals surface area contributed by atoms with Crippen LogP contribution in [0.4, 0.5) is 0 Å². The zero-order valence-electron chi connectivity index (χ0n) is 13.5. The molecule has 4 nitrogen and oxygen atoms in total. The van der Waals surface area contributed by atoms with Gasteiger partial charge in [0.2, 0.25) is 5.91 Å². The first-order valence-electron chi connectivity index (χ1n) is 8.30. The van der Waals surface area contributed by atoms with E-state index in [0.29, 0.717) is 11.4 Å². The summed E-state index contributed by atoms with van der Waals surface area (Å²) in [5.41, 5.74) is 1.72. The number of carbonyl (C=O) groups is 1. The Morgan fingerprint density at radius 3 is 2.96 bits per heavy atom. The van der Waals surface area contributed by atoms with Crippen molar-refractivity contribution >= 4 is 17.5 Å². The highest BCUT2D eigenvalue weighted by molar-refractivity contribution is 6.30. The van der Waals surface area contributed by atoms with Gasteiger partial charge < -0.3 is 10.1 Å². The average molecular weight is 345 g/mol. The van der Waals surface area contributed by atoms with Crippen molar-refractivity contribution in [3.05, 3.63) is 64.9 Å². The number of benzene rings is 1. The van der Waals surface area contributed by atoms with E-state index in [1.165, 1.54) is 0 Å². The van der Waals surface area contributed by atoms with Crippen LogP contribution in [0.25, 0.3) is 0 Å². The Kier molecular flexibility index (Phi) is 5.83. The minimum absolute atomic E-state index is 0.00104. The number of carbonyl (C=O) groups excluding carboxylic acids is 1. The molecule has 0 spiro atoms. The van der Waals surface area contributed by atoms with E-state index in [4.69, 9.17) is 16.3 Å². The largest absolute Gasteiger partial charge is 0.378 e. The monoisotopic (exact) mass is 344 g/mol. The van der Waals surface area contributed by atoms with Crippen LogP contribution in [-0.4, -0.2) is 23.6 Å². The van der Waals surface area contributed by atoms with E-state index in [1.807, 2.05) is 42.5 Å². The summed E-state index contributed by atoms with van der Waals surface area (Å²) in [6.45, 7) is 0.811. The molecular weight excluding hydrogens is 324 g/mol. The minimum Gasteiger partial charge on any atom is -0.378 e. The van der Waals surface area contributed by atoms with E-state index < -0.39 is 0 Å². The number of nitrogens with one attached hydrogen (secondary N) is 1. The van der Waals surface area contributed by atoms with Gasteiger partial charge in [-0.15, -0.1) is 0 Å². The fraction of sp³-hybridized carbons (Fsp3) is 0.368. The van der Waals surface area contributed by atoms with Crippen molar-refractivity contribution in [2.45, 2.75) is 37.8 Å². The molecule has 126 valence electrons. The van der Waals surface area contributed by atoms with Gasteiger partial charge in [0, 0.05) is 24.2 Å². The Morgan fingerprint density at radius 1 is 1.33 bits per heavy atom. The zero-order chi connectivity index (χ0) is 16.8. The maximum atomic E-state index is 12.4. The van der Waals surface area contributed by atoms with Gasteiger partial charge in [0.25, 0.3) is 0 Å². The molecule has 1 aromatic carbocycles. The van der Waals surface area contributed by atoms with Crippen LogP contribution in [0, 0.1) is 0 Å². The second-order valence-electron chi connectivity index (χ2n) is 5.98. The third-order valence-electron chi connectivity index (χ3n) is 4.19. The third-order valence-corrected chi connectivity index (χ3v) is 4.42. The first-order chi connectivity index (χ1) is 11.7. The highest BCUT2D eigenvalue weighted by Gasteiger charge is 2.21. The summed E-state index contributed by atoms with van der Waals surface area (Å²) in [6, 6.07) is 12.9. The molecule has 0 aliphatic carbocycles. The van der Waals surface area contributed by atoms with E-state index in [-0.39, 0.29) is 18.1 Å². The molecule has 1 fully saturated rings. The van der Waals surface area contributed by atoms with Gasteiger partial charge in [0.1, 0.15) is 0 Å². The molecule has 1 amide bonds. The SMILES string of the molecule is O=C(CC[C@H]1CCCO1)NC(c1cccc(Cl)c1)c1ccccn1. The van der Waals surface area contributed by atoms with Gasteiger partial charge in [0.05, 0.1) is 17.8 Å². The summed E-state index contributed by atoms with van der Waals surface area (Å²) in [4.78, 5) is 16.8. The first-order valence-corrected chi connectivity index (χ1v) is 8.67. The van der Waals surface area contributed by atoms with E-state index >= 15 is 0 Å². The van der Waals surface area contributed by atoms with Crippen molar-refractivity contribution in [2.24, 2.45) is 0 Å². The highest BCUT2D eigenvalue weighted by atomic mass is 35.5. The predicted molar refractivity (Wildman–Crippen MR) is 93.9 cm³/mol. The summed E-state index contributed by atoms with van der Waals surface area (Å²) in [6.07, 6.45) is 5.29. The Bertz CT molecular complexity index is 672. The van der Waals surface area contributed by atoms with Crippen molar-refractivity contribution in [1.29, 1.82) is 0 Å². The van der Waals surface area contributed by atoms with E-state index in [0.717, 1.165) is 37.1 Å². The van der Waals surface area contributed by atoms with E-state index in [9.17, 15) is 4.79 Å². The number of amides is 1. The van der Waals surface area contributed by atoms with Crippen LogP contribution in [0.5, 0.6) is 0 Å². The van der Waals surface area contributed by atoms with Gasteiger partial charge in [-0.3, -0.25) is 9.78 Å². The van der Waals surface area contributed by atoms with Crippen LogP contribution >= 0.6 is 11.6 Å². The molecule has 2 atom stereocenters. The van der Waals surface area contributed by atoms with E-state index in [1.54, 1.807) is 6.20 Å². The number of nitrogens with zero attached hydrogens (tertiary/aromatic N) is 1. The minimum atomic E-state index is -0.304. The summed E-state index contributed by atoms with van der Waals surface area (Å²) >= 11 is 6.11. The van der Waals surface area contributed by atoms with Crippen molar-refractivity contribution < 1.29 is 9.53 Å². The number of pyridine rings is 1. The Hall–Kier alpha value is -1.91. The second kappa shape index (κ2) is 8.27. The molecule has 1 aliphatic heterocycles. The molecule has 1 unspecified atom stereocenters. The predicted octanol–water partition coefficient (Wildman–Crippen LogP) is 3.90. The van der Waals surface area contributed by atoms with Gasteiger partial charge in [-0.05, 0) is 49.1 Å². The molecule has 24 heavy (non-hydrogen) atoms. The van der Waals surface area contributed by atoms with E-state index in [2.05, 4.69) is 10.3 Å². The molecule has 2 aromatic rings. The zero-order valence-corrected chi connectivity index (χ0v) is 14.2. The first kappa shape index (κ1) is 16.9. The summed E-state index contributed by atoms with van der Waals surface area (Å²) < 4.78 is 5.58. The normalized spacial score (nSPS) is 18.3. The van der Waals surface area contributed by atoms with Crippen LogP contribution < -0.4 is 5.32 Å². The van der Waals surface area contributed by atoms with Gasteiger partial charge in [-0.1, -0.05) is 29.8 Å². The molecule has 0 bridgehead atoms. The van der Waals surface area contributed by atoms with Crippen molar-refractivity contribution in [3.8, 4) is 0 Å². The third kappa shape index (κ3) is 4.56. The maximum Gasteiger partial charge on any atom is 0.220 e. The Morgan fingerprint density at radius 2 is 2.25 bits per heavy atom. The van der Waals surface area contributed by atoms with Gasteiger partial charge >= 0.3 is 0 Å². The summed E-state index contributed by atoms with van der Waals surface area (Å²) in [7, 11) is 0. The lowest BCUT2D eigenvalue weighted by Gasteiger charge is -2.19. The van der Waals surface area contributed by atoms with Crippen molar-refractivity contribution in [2.75, 3.05) is 6.61 Å². The van der Waals surface area contributed by atoms with Gasteiger partial charge in [-0.2, -0.15) is 0 Å². The van der Waals surface area contributed by atoms with Gasteiger partial charge in [-0.25, -0.2) is 0 Å². The molecule has 1 N–H and O–H groups in total. The number of rotatable bonds is 6. The summed E-state index contributed by atoms with van der Waals surface area (Å²) in [5.74, 6) is 0.00104. The van der Waals surface area contributed by atoms with Crippen LogP contribution in [0.15, 0.2) is 48.7 Å². The molecule has 1 aromatic heterocycles. The van der Waals surface area contributed by atoms with Gasteiger partial charge in [0.15, 0.2) is 0 Å². The molecular formula is C19H21ClN2O2. The molecule has 2 heterocycles. The fourth-order valence-electron chi connectivity index (χ4n) is 2.96. The number of ether oxygens (including phenoxy) is 1. The number of halogens is 1. The molecule has 5 heteroatoms. The molecule has 1 saturated heterocycles. The maximum absolute atomic E-state index is 12.4. The quantitative estimate of drug-likeness (QED) is 0.864. The Balaban J connectivity index is 1.71. The number of hydrogen-bond acceptors (Lipinski definition) is 3. The molecule has 0 saturated carbocycles.